The summed E-state index contributed by atoms with van der Waals surface area (Å²) in [6.07, 6.45) is -0.740. The molecule has 1 amide bonds. The minimum Gasteiger partial charge on any atom is -0.497 e. The number of amides is 1. The van der Waals surface area contributed by atoms with Crippen LogP contribution in [0.2, 0.25) is 0 Å². The molecule has 2 aromatic carbocycles. The molecule has 0 bridgehead atoms. The van der Waals surface area contributed by atoms with Gasteiger partial charge in [-0.3, -0.25) is 9.69 Å². The second-order valence-electron chi connectivity index (χ2n) is 9.11. The number of nitriles is 1. The third-order valence-electron chi connectivity index (χ3n) is 6.56. The van der Waals surface area contributed by atoms with Gasteiger partial charge in [0.1, 0.15) is 23.3 Å². The number of nitrogens with zero attached hydrogens (tertiary/aromatic N) is 3. The molecular formula is C26H31N3O5. The second kappa shape index (κ2) is 9.92. The summed E-state index contributed by atoms with van der Waals surface area (Å²) in [5, 5.41) is 9.24. The molecule has 0 N–H and O–H groups in total. The van der Waals surface area contributed by atoms with Crippen LogP contribution in [-0.2, 0) is 9.53 Å². The SMILES string of the molecule is COc1ccc(OC)c([C@H]2[C@@H](Oc3cccc(C#N)c3)C(=O)N2CC(C)(C)N2CCOCC2)c1. The van der Waals surface area contributed by atoms with E-state index >= 15 is 0 Å². The quantitative estimate of drug-likeness (QED) is 0.554. The fraction of sp³-hybridized carbons (Fsp3) is 0.462. The lowest BCUT2D eigenvalue weighted by molar-refractivity contribution is -0.168. The zero-order valence-electron chi connectivity index (χ0n) is 20.1. The Morgan fingerprint density at radius 2 is 1.85 bits per heavy atom. The minimum atomic E-state index is -0.740. The molecule has 2 saturated heterocycles. The smallest absolute Gasteiger partial charge is 0.266 e. The number of rotatable bonds is 8. The van der Waals surface area contributed by atoms with E-state index in [1.165, 1.54) is 0 Å². The summed E-state index contributed by atoms with van der Waals surface area (Å²) in [5.74, 6) is 1.72. The zero-order chi connectivity index (χ0) is 24.3. The largest absolute Gasteiger partial charge is 0.497 e. The highest BCUT2D eigenvalue weighted by atomic mass is 16.5. The summed E-state index contributed by atoms with van der Waals surface area (Å²) in [7, 11) is 3.22. The Balaban J connectivity index is 1.67. The molecule has 0 spiro atoms. The van der Waals surface area contributed by atoms with E-state index in [-0.39, 0.29) is 17.5 Å². The van der Waals surface area contributed by atoms with Crippen molar-refractivity contribution in [3.05, 3.63) is 53.6 Å². The van der Waals surface area contributed by atoms with E-state index in [0.717, 1.165) is 18.7 Å². The van der Waals surface area contributed by atoms with Crippen LogP contribution < -0.4 is 14.2 Å². The van der Waals surface area contributed by atoms with E-state index < -0.39 is 6.10 Å². The van der Waals surface area contributed by atoms with E-state index in [9.17, 15) is 10.1 Å². The molecule has 0 aliphatic carbocycles. The number of methoxy groups -OCH3 is 2. The van der Waals surface area contributed by atoms with Crippen molar-refractivity contribution in [3.63, 3.8) is 0 Å². The van der Waals surface area contributed by atoms with Gasteiger partial charge in [0.05, 0.1) is 39.1 Å². The van der Waals surface area contributed by atoms with Crippen molar-refractivity contribution < 1.29 is 23.7 Å². The summed E-state index contributed by atoms with van der Waals surface area (Å²) in [6, 6.07) is 14.2. The lowest BCUT2D eigenvalue weighted by atomic mass is 9.87. The zero-order valence-corrected chi connectivity index (χ0v) is 20.1. The van der Waals surface area contributed by atoms with Gasteiger partial charge in [-0.25, -0.2) is 0 Å². The van der Waals surface area contributed by atoms with Gasteiger partial charge in [-0.05, 0) is 50.2 Å². The summed E-state index contributed by atoms with van der Waals surface area (Å²) < 4.78 is 22.8. The monoisotopic (exact) mass is 465 g/mol. The molecule has 2 heterocycles. The molecule has 2 fully saturated rings. The number of β-lactam (4-membered cyclic amide) rings is 1. The number of ether oxygens (including phenoxy) is 4. The van der Waals surface area contributed by atoms with Crippen LogP contribution in [0.15, 0.2) is 42.5 Å². The van der Waals surface area contributed by atoms with Crippen molar-refractivity contribution in [2.75, 3.05) is 47.1 Å². The summed E-state index contributed by atoms with van der Waals surface area (Å²) in [4.78, 5) is 17.6. The number of carbonyl (C=O) groups is 1. The van der Waals surface area contributed by atoms with Gasteiger partial charge in [-0.15, -0.1) is 0 Å². The first-order valence-corrected chi connectivity index (χ1v) is 11.4. The standard InChI is InChI=1S/C26H31N3O5/c1-26(2,28-10-12-33-13-11-28)17-29-23(21-15-19(31-3)8-9-22(21)32-4)24(25(29)30)34-20-7-5-6-18(14-20)16-27/h5-9,14-15,23-24H,10-13,17H2,1-4H3/t23-,24+/m0/s1. The lowest BCUT2D eigenvalue weighted by Crippen LogP contribution is -2.66. The average Bonchev–Trinajstić information content (AvgIpc) is 2.88. The first kappa shape index (κ1) is 23.9. The number of benzene rings is 2. The van der Waals surface area contributed by atoms with E-state index in [0.29, 0.717) is 42.6 Å². The van der Waals surface area contributed by atoms with Gasteiger partial charge in [0.2, 0.25) is 6.10 Å². The lowest BCUT2D eigenvalue weighted by Gasteiger charge is -2.52. The van der Waals surface area contributed by atoms with Crippen molar-refractivity contribution in [1.29, 1.82) is 5.26 Å². The fourth-order valence-electron chi connectivity index (χ4n) is 4.68. The van der Waals surface area contributed by atoms with Gasteiger partial charge in [0, 0.05) is 30.7 Å². The van der Waals surface area contributed by atoms with Gasteiger partial charge in [0.25, 0.3) is 5.91 Å². The highest BCUT2D eigenvalue weighted by molar-refractivity contribution is 5.89. The molecule has 0 radical (unpaired) electrons. The molecule has 34 heavy (non-hydrogen) atoms. The molecule has 0 aromatic heterocycles. The number of hydrogen-bond acceptors (Lipinski definition) is 7. The van der Waals surface area contributed by atoms with Crippen LogP contribution in [0.5, 0.6) is 17.2 Å². The van der Waals surface area contributed by atoms with E-state index in [2.05, 4.69) is 24.8 Å². The fourth-order valence-corrected chi connectivity index (χ4v) is 4.68. The van der Waals surface area contributed by atoms with Crippen LogP contribution in [0.3, 0.4) is 0 Å². The Kier molecular flexibility index (Phi) is 6.96. The summed E-state index contributed by atoms with van der Waals surface area (Å²) in [5.41, 5.74) is 1.04. The molecule has 0 saturated carbocycles. The average molecular weight is 466 g/mol. The third-order valence-corrected chi connectivity index (χ3v) is 6.56. The summed E-state index contributed by atoms with van der Waals surface area (Å²) >= 11 is 0. The van der Waals surface area contributed by atoms with E-state index in [4.69, 9.17) is 18.9 Å². The molecule has 4 rings (SSSR count). The molecule has 2 atom stereocenters. The molecule has 8 heteroatoms. The van der Waals surface area contributed by atoms with Crippen molar-refractivity contribution in [2.45, 2.75) is 31.5 Å². The topological polar surface area (TPSA) is 84.3 Å². The minimum absolute atomic E-state index is 0.0985. The highest BCUT2D eigenvalue weighted by Gasteiger charge is 2.53. The second-order valence-corrected chi connectivity index (χ2v) is 9.11. The van der Waals surface area contributed by atoms with Crippen molar-refractivity contribution in [2.24, 2.45) is 0 Å². The number of hydrogen-bond donors (Lipinski definition) is 0. The molecule has 8 nitrogen and oxygen atoms in total. The maximum atomic E-state index is 13.4. The van der Waals surface area contributed by atoms with Gasteiger partial charge < -0.3 is 23.8 Å². The van der Waals surface area contributed by atoms with Crippen molar-refractivity contribution in [3.8, 4) is 23.3 Å². The third kappa shape index (κ3) is 4.67. The Bertz CT molecular complexity index is 1070. The van der Waals surface area contributed by atoms with Crippen LogP contribution in [0.1, 0.15) is 31.0 Å². The normalized spacial score (nSPS) is 20.9. The highest BCUT2D eigenvalue weighted by Crippen LogP contribution is 2.44. The number of carbonyl (C=O) groups excluding carboxylic acids is 1. The van der Waals surface area contributed by atoms with Crippen LogP contribution in [0, 0.1) is 11.3 Å². The Labute approximate surface area is 200 Å². The summed E-state index contributed by atoms with van der Waals surface area (Å²) in [6.45, 7) is 7.84. The Hall–Kier alpha value is -3.28. The Morgan fingerprint density at radius 3 is 2.53 bits per heavy atom. The molecule has 2 aromatic rings. The van der Waals surface area contributed by atoms with Gasteiger partial charge in [0.15, 0.2) is 0 Å². The molecule has 0 unspecified atom stereocenters. The van der Waals surface area contributed by atoms with Gasteiger partial charge >= 0.3 is 0 Å². The molecule has 2 aliphatic rings. The van der Waals surface area contributed by atoms with E-state index in [1.54, 1.807) is 38.5 Å². The molecular weight excluding hydrogens is 434 g/mol. The van der Waals surface area contributed by atoms with Gasteiger partial charge in [-0.2, -0.15) is 5.26 Å². The van der Waals surface area contributed by atoms with E-state index in [1.807, 2.05) is 23.1 Å². The first-order valence-electron chi connectivity index (χ1n) is 11.4. The predicted octanol–water partition coefficient (Wildman–Crippen LogP) is 3.02. The van der Waals surface area contributed by atoms with Crippen LogP contribution in [-0.4, -0.2) is 74.4 Å². The molecule has 180 valence electrons. The molecule has 2 aliphatic heterocycles. The maximum Gasteiger partial charge on any atom is 0.266 e. The predicted molar refractivity (Wildman–Crippen MR) is 126 cm³/mol. The first-order chi connectivity index (χ1) is 16.4. The van der Waals surface area contributed by atoms with Crippen LogP contribution in [0.25, 0.3) is 0 Å². The number of likely N-dealkylation sites (tertiary alicyclic amines) is 1. The van der Waals surface area contributed by atoms with Crippen molar-refractivity contribution >= 4 is 5.91 Å². The maximum absolute atomic E-state index is 13.4. The van der Waals surface area contributed by atoms with Crippen LogP contribution in [0.4, 0.5) is 0 Å². The number of morpholine rings is 1. The van der Waals surface area contributed by atoms with Crippen LogP contribution >= 0.6 is 0 Å². The Morgan fingerprint density at radius 1 is 1.09 bits per heavy atom. The van der Waals surface area contributed by atoms with Gasteiger partial charge in [-0.1, -0.05) is 6.07 Å². The van der Waals surface area contributed by atoms with Crippen molar-refractivity contribution in [1.82, 2.24) is 9.80 Å².